The van der Waals surface area contributed by atoms with Crippen LogP contribution >= 0.6 is 0 Å². The highest BCUT2D eigenvalue weighted by atomic mass is 32.2. The normalized spacial score (nSPS) is 17.5. The van der Waals surface area contributed by atoms with Crippen molar-refractivity contribution in [3.8, 4) is 11.5 Å². The van der Waals surface area contributed by atoms with Gasteiger partial charge in [-0.15, -0.1) is 0 Å². The monoisotopic (exact) mass is 378 g/mol. The Balaban J connectivity index is 1.49. The topological polar surface area (TPSA) is 59.1 Å². The number of sulfonamides is 1. The number of benzene rings is 2. The van der Waals surface area contributed by atoms with Crippen molar-refractivity contribution in [2.45, 2.75) is 11.8 Å². The first-order valence-electron chi connectivity index (χ1n) is 8.36. The summed E-state index contributed by atoms with van der Waals surface area (Å²) in [5.74, 6) is 0.996. The number of hydrogen-bond donors (Lipinski definition) is 0. The fourth-order valence-electron chi connectivity index (χ4n) is 3.31. The Bertz CT molecular complexity index is 940. The Hall–Kier alpha value is -2.32. The number of ether oxygens (including phenoxy) is 2. The first-order valence-corrected chi connectivity index (χ1v) is 9.80. The van der Waals surface area contributed by atoms with Crippen LogP contribution in [0.5, 0.6) is 11.5 Å². The molecule has 0 aromatic heterocycles. The van der Waals surface area contributed by atoms with E-state index < -0.39 is 15.8 Å². The van der Waals surface area contributed by atoms with E-state index in [4.69, 9.17) is 9.47 Å². The third kappa shape index (κ3) is 2.99. The summed E-state index contributed by atoms with van der Waals surface area (Å²) < 4.78 is 51.2. The van der Waals surface area contributed by atoms with Gasteiger partial charge in [0, 0.05) is 37.9 Å². The zero-order chi connectivity index (χ0) is 18.3. The highest BCUT2D eigenvalue weighted by molar-refractivity contribution is 7.89. The van der Waals surface area contributed by atoms with E-state index in [2.05, 4.69) is 4.90 Å². The largest absolute Gasteiger partial charge is 0.454 e. The molecule has 2 aromatic rings. The lowest BCUT2D eigenvalue weighted by molar-refractivity contribution is 0.174. The third-order valence-corrected chi connectivity index (χ3v) is 6.77. The van der Waals surface area contributed by atoms with Crippen LogP contribution in [0.1, 0.15) is 5.56 Å². The molecule has 8 heteroatoms. The standard InChI is InChI=1S/C18H19FN2O4S/c1-13-10-14(19)2-5-18(13)26(22,23)21-8-6-20(7-9-21)15-3-4-16-17(11-15)25-12-24-16/h2-5,10-11H,6-9,12H2,1H3. The Labute approximate surface area is 151 Å². The first kappa shape index (κ1) is 17.1. The summed E-state index contributed by atoms with van der Waals surface area (Å²) in [6, 6.07) is 9.49. The number of fused-ring (bicyclic) bond motifs is 1. The van der Waals surface area contributed by atoms with Crippen molar-refractivity contribution in [1.82, 2.24) is 4.31 Å². The van der Waals surface area contributed by atoms with E-state index in [0.717, 1.165) is 11.4 Å². The predicted molar refractivity (Wildman–Crippen MR) is 94.7 cm³/mol. The SMILES string of the molecule is Cc1cc(F)ccc1S(=O)(=O)N1CCN(c2ccc3c(c2)OCO3)CC1. The Morgan fingerprint density at radius 3 is 2.42 bits per heavy atom. The summed E-state index contributed by atoms with van der Waals surface area (Å²) >= 11 is 0. The van der Waals surface area contributed by atoms with Gasteiger partial charge in [0.05, 0.1) is 4.90 Å². The van der Waals surface area contributed by atoms with E-state index in [9.17, 15) is 12.8 Å². The second-order valence-electron chi connectivity index (χ2n) is 6.34. The molecule has 2 aliphatic rings. The van der Waals surface area contributed by atoms with Crippen LogP contribution in [0, 0.1) is 12.7 Å². The van der Waals surface area contributed by atoms with Crippen molar-refractivity contribution in [3.05, 3.63) is 47.8 Å². The minimum atomic E-state index is -3.63. The summed E-state index contributed by atoms with van der Waals surface area (Å²) in [6.07, 6.45) is 0. The van der Waals surface area contributed by atoms with Crippen molar-refractivity contribution < 1.29 is 22.3 Å². The fraction of sp³-hybridized carbons (Fsp3) is 0.333. The fourth-order valence-corrected chi connectivity index (χ4v) is 4.94. The van der Waals surface area contributed by atoms with Crippen LogP contribution in [-0.2, 0) is 10.0 Å². The maximum atomic E-state index is 13.3. The van der Waals surface area contributed by atoms with Crippen LogP contribution in [-0.4, -0.2) is 45.7 Å². The van der Waals surface area contributed by atoms with Crippen molar-refractivity contribution in [1.29, 1.82) is 0 Å². The minimum absolute atomic E-state index is 0.162. The Morgan fingerprint density at radius 1 is 0.962 bits per heavy atom. The average molecular weight is 378 g/mol. The smallest absolute Gasteiger partial charge is 0.243 e. The Morgan fingerprint density at radius 2 is 1.69 bits per heavy atom. The molecule has 0 aliphatic carbocycles. The van der Waals surface area contributed by atoms with Crippen molar-refractivity contribution in [2.75, 3.05) is 37.9 Å². The lowest BCUT2D eigenvalue weighted by atomic mass is 10.2. The van der Waals surface area contributed by atoms with Gasteiger partial charge in [0.1, 0.15) is 5.82 Å². The number of piperazine rings is 1. The molecule has 1 fully saturated rings. The molecule has 0 saturated carbocycles. The van der Waals surface area contributed by atoms with Crippen molar-refractivity contribution in [3.63, 3.8) is 0 Å². The maximum Gasteiger partial charge on any atom is 0.243 e. The molecular weight excluding hydrogens is 359 g/mol. The summed E-state index contributed by atoms with van der Waals surface area (Å²) in [6.45, 7) is 3.71. The molecule has 6 nitrogen and oxygen atoms in total. The van der Waals surface area contributed by atoms with Crippen LogP contribution in [0.25, 0.3) is 0 Å². The highest BCUT2D eigenvalue weighted by Crippen LogP contribution is 2.36. The third-order valence-electron chi connectivity index (χ3n) is 4.71. The van der Waals surface area contributed by atoms with Crippen molar-refractivity contribution >= 4 is 15.7 Å². The molecule has 0 atom stereocenters. The molecule has 138 valence electrons. The molecule has 2 aromatic carbocycles. The van der Waals surface area contributed by atoms with Crippen LogP contribution in [0.4, 0.5) is 10.1 Å². The average Bonchev–Trinajstić information content (AvgIpc) is 3.09. The number of aryl methyl sites for hydroxylation is 1. The van der Waals surface area contributed by atoms with Crippen LogP contribution in [0.15, 0.2) is 41.3 Å². The molecule has 0 radical (unpaired) electrons. The second kappa shape index (κ2) is 6.44. The van der Waals surface area contributed by atoms with Gasteiger partial charge in [0.2, 0.25) is 16.8 Å². The number of rotatable bonds is 3. The van der Waals surface area contributed by atoms with E-state index in [0.29, 0.717) is 37.5 Å². The van der Waals surface area contributed by atoms with E-state index in [1.807, 2.05) is 18.2 Å². The maximum absolute atomic E-state index is 13.3. The molecule has 0 amide bonds. The minimum Gasteiger partial charge on any atom is -0.454 e. The molecule has 2 aliphatic heterocycles. The zero-order valence-corrected chi connectivity index (χ0v) is 15.1. The van der Waals surface area contributed by atoms with Gasteiger partial charge in [-0.2, -0.15) is 4.31 Å². The molecule has 0 spiro atoms. The molecule has 2 heterocycles. The van der Waals surface area contributed by atoms with E-state index >= 15 is 0 Å². The molecule has 0 N–H and O–H groups in total. The number of halogens is 1. The summed E-state index contributed by atoms with van der Waals surface area (Å²) in [5, 5.41) is 0. The molecule has 0 bridgehead atoms. The number of hydrogen-bond acceptors (Lipinski definition) is 5. The predicted octanol–water partition coefficient (Wildman–Crippen LogP) is 2.37. The molecule has 26 heavy (non-hydrogen) atoms. The summed E-state index contributed by atoms with van der Waals surface area (Å²) in [4.78, 5) is 2.28. The Kier molecular flexibility index (Phi) is 4.24. The van der Waals surface area contributed by atoms with Crippen LogP contribution in [0.2, 0.25) is 0 Å². The van der Waals surface area contributed by atoms with Gasteiger partial charge in [-0.05, 0) is 42.8 Å². The highest BCUT2D eigenvalue weighted by Gasteiger charge is 2.30. The van der Waals surface area contributed by atoms with Crippen LogP contribution < -0.4 is 14.4 Å². The van der Waals surface area contributed by atoms with Gasteiger partial charge in [-0.3, -0.25) is 0 Å². The van der Waals surface area contributed by atoms with Gasteiger partial charge < -0.3 is 14.4 Å². The zero-order valence-electron chi connectivity index (χ0n) is 14.3. The van der Waals surface area contributed by atoms with Crippen molar-refractivity contribution in [2.24, 2.45) is 0 Å². The van der Waals surface area contributed by atoms with Gasteiger partial charge in [-0.1, -0.05) is 0 Å². The lowest BCUT2D eigenvalue weighted by Gasteiger charge is -2.35. The van der Waals surface area contributed by atoms with Gasteiger partial charge in [-0.25, -0.2) is 12.8 Å². The summed E-state index contributed by atoms with van der Waals surface area (Å²) in [5.41, 5.74) is 1.40. The quantitative estimate of drug-likeness (QED) is 0.821. The summed E-state index contributed by atoms with van der Waals surface area (Å²) in [7, 11) is -3.63. The molecule has 0 unspecified atom stereocenters. The van der Waals surface area contributed by atoms with Crippen LogP contribution in [0.3, 0.4) is 0 Å². The lowest BCUT2D eigenvalue weighted by Crippen LogP contribution is -2.48. The van der Waals surface area contributed by atoms with Gasteiger partial charge in [0.15, 0.2) is 11.5 Å². The van der Waals surface area contributed by atoms with E-state index in [1.165, 1.54) is 22.5 Å². The number of anilines is 1. The van der Waals surface area contributed by atoms with E-state index in [-0.39, 0.29) is 11.7 Å². The molecular formula is C18H19FN2O4S. The van der Waals surface area contributed by atoms with Gasteiger partial charge in [0.25, 0.3) is 0 Å². The molecule has 1 saturated heterocycles. The number of nitrogens with zero attached hydrogens (tertiary/aromatic N) is 2. The van der Waals surface area contributed by atoms with Gasteiger partial charge >= 0.3 is 0 Å². The first-order chi connectivity index (χ1) is 12.4. The van der Waals surface area contributed by atoms with E-state index in [1.54, 1.807) is 6.92 Å². The molecule has 4 rings (SSSR count). The second-order valence-corrected chi connectivity index (χ2v) is 8.24.